The first kappa shape index (κ1) is 68.7. The summed E-state index contributed by atoms with van der Waals surface area (Å²) in [5, 5.41) is 9.66. The number of hydrogen-bond acceptors (Lipinski definition) is 5. The van der Waals surface area contributed by atoms with Gasteiger partial charge in [-0.05, 0) is 141 Å². The Balaban J connectivity index is 3.70. The number of allylic oxidation sites excluding steroid dienone is 32. The molecule has 0 radical (unpaired) electrons. The van der Waals surface area contributed by atoms with Gasteiger partial charge in [-0.1, -0.05) is 247 Å². The first-order chi connectivity index (χ1) is 36.6. The first-order valence-corrected chi connectivity index (χ1v) is 29.0. The lowest BCUT2D eigenvalue weighted by molar-refractivity contribution is -0.161. The van der Waals surface area contributed by atoms with Gasteiger partial charge in [0.2, 0.25) is 0 Å². The Labute approximate surface area is 454 Å². The molecule has 1 unspecified atom stereocenters. The molecule has 0 amide bonds. The van der Waals surface area contributed by atoms with Crippen LogP contribution in [0.15, 0.2) is 194 Å². The summed E-state index contributed by atoms with van der Waals surface area (Å²) in [6.07, 6.45) is 99.6. The molecule has 0 rings (SSSR count). The summed E-state index contributed by atoms with van der Waals surface area (Å²) < 4.78 is 10.7. The minimum Gasteiger partial charge on any atom is -0.462 e. The molecule has 0 fully saturated rings. The number of carbonyl (C=O) groups excluding carboxylic acids is 2. The van der Waals surface area contributed by atoms with Gasteiger partial charge in [-0.3, -0.25) is 9.59 Å². The fraction of sp³-hybridized carbons (Fsp3) is 0.507. The van der Waals surface area contributed by atoms with E-state index in [9.17, 15) is 14.7 Å². The summed E-state index contributed by atoms with van der Waals surface area (Å²) in [6, 6.07) is 0. The summed E-state index contributed by atoms with van der Waals surface area (Å²) in [5.41, 5.74) is 0. The summed E-state index contributed by atoms with van der Waals surface area (Å²) in [4.78, 5) is 24.5. The third-order valence-corrected chi connectivity index (χ3v) is 11.4. The standard InChI is InChI=1S/C69H104O5/c1-3-5-7-9-11-13-15-17-19-21-23-25-27-29-31-32-33-34-35-36-38-40-42-44-46-48-50-52-54-56-58-60-62-64-69(72)74-67(65-70)66-73-68(71)63-61-59-57-55-53-51-49-47-45-43-41-39-37-30-28-26-24-22-20-18-16-14-12-10-8-6-4-2/h5-8,11-14,17-20,23-26,29-31,33-34,36-38,41-44,47-50,67,70H,3-4,9-10,15-16,21-22,27-28,32,35,39-40,45-46,51-66H2,1-2H3/b7-5-,8-6-,13-11-,14-12-,19-17-,20-18-,25-23-,26-24-,31-29-,34-33-,37-30-,38-36-,43-41-,44-42-,49-47-,50-48-. The maximum absolute atomic E-state index is 12.3. The maximum atomic E-state index is 12.3. The number of aliphatic hydroxyl groups excluding tert-OH is 1. The Morgan fingerprint density at radius 3 is 0.811 bits per heavy atom. The molecule has 0 aliphatic heterocycles. The predicted octanol–water partition coefficient (Wildman–Crippen LogP) is 20.1. The van der Waals surface area contributed by atoms with Crippen molar-refractivity contribution in [2.75, 3.05) is 13.2 Å². The zero-order valence-electron chi connectivity index (χ0n) is 46.8. The highest BCUT2D eigenvalue weighted by Gasteiger charge is 2.16. The van der Waals surface area contributed by atoms with Crippen LogP contribution in [0.25, 0.3) is 0 Å². The number of ether oxygens (including phenoxy) is 2. The highest BCUT2D eigenvalue weighted by atomic mass is 16.6. The van der Waals surface area contributed by atoms with E-state index in [0.29, 0.717) is 12.8 Å². The van der Waals surface area contributed by atoms with E-state index in [1.807, 2.05) is 0 Å². The van der Waals surface area contributed by atoms with Crippen LogP contribution >= 0.6 is 0 Å². The molecule has 0 saturated carbocycles. The molecule has 1 atom stereocenters. The smallest absolute Gasteiger partial charge is 0.306 e. The average molecular weight is 1010 g/mol. The molecular weight excluding hydrogens is 909 g/mol. The van der Waals surface area contributed by atoms with Crippen LogP contribution in [-0.2, 0) is 19.1 Å². The van der Waals surface area contributed by atoms with Gasteiger partial charge in [0.15, 0.2) is 6.10 Å². The van der Waals surface area contributed by atoms with Gasteiger partial charge in [0, 0.05) is 12.8 Å². The normalized spacial score (nSPS) is 13.7. The molecule has 410 valence electrons. The Kier molecular flexibility index (Phi) is 57.6. The van der Waals surface area contributed by atoms with Gasteiger partial charge in [0.1, 0.15) is 6.61 Å². The largest absolute Gasteiger partial charge is 0.462 e. The van der Waals surface area contributed by atoms with Crippen molar-refractivity contribution in [1.29, 1.82) is 0 Å². The molecule has 74 heavy (non-hydrogen) atoms. The van der Waals surface area contributed by atoms with Crippen LogP contribution in [0.1, 0.15) is 206 Å². The van der Waals surface area contributed by atoms with Gasteiger partial charge in [0.25, 0.3) is 0 Å². The summed E-state index contributed by atoms with van der Waals surface area (Å²) >= 11 is 0. The van der Waals surface area contributed by atoms with E-state index < -0.39 is 6.10 Å². The lowest BCUT2D eigenvalue weighted by Gasteiger charge is -2.15. The molecule has 0 aromatic heterocycles. The van der Waals surface area contributed by atoms with E-state index in [1.165, 1.54) is 0 Å². The third kappa shape index (κ3) is 59.3. The van der Waals surface area contributed by atoms with Crippen molar-refractivity contribution in [1.82, 2.24) is 0 Å². The molecule has 0 saturated heterocycles. The van der Waals surface area contributed by atoms with Gasteiger partial charge in [-0.15, -0.1) is 0 Å². The lowest BCUT2D eigenvalue weighted by atomic mass is 10.1. The maximum Gasteiger partial charge on any atom is 0.306 e. The van der Waals surface area contributed by atoms with Crippen molar-refractivity contribution >= 4 is 11.9 Å². The van der Waals surface area contributed by atoms with E-state index in [4.69, 9.17) is 9.47 Å². The Morgan fingerprint density at radius 2 is 0.541 bits per heavy atom. The van der Waals surface area contributed by atoms with E-state index in [-0.39, 0.29) is 25.2 Å². The molecule has 0 aromatic rings. The fourth-order valence-corrected chi connectivity index (χ4v) is 7.11. The lowest BCUT2D eigenvalue weighted by Crippen LogP contribution is -2.28. The quantitative estimate of drug-likeness (QED) is 0.0373. The van der Waals surface area contributed by atoms with E-state index in [2.05, 4.69) is 208 Å². The van der Waals surface area contributed by atoms with Crippen molar-refractivity contribution in [2.24, 2.45) is 0 Å². The number of unbranched alkanes of at least 4 members (excludes halogenated alkanes) is 10. The molecule has 1 N–H and O–H groups in total. The summed E-state index contributed by atoms with van der Waals surface area (Å²) in [5.74, 6) is -0.653. The van der Waals surface area contributed by atoms with Crippen LogP contribution in [0, 0.1) is 0 Å². The van der Waals surface area contributed by atoms with Crippen molar-refractivity contribution in [3.8, 4) is 0 Å². The minimum atomic E-state index is -0.809. The second-order valence-electron chi connectivity index (χ2n) is 18.2. The van der Waals surface area contributed by atoms with Gasteiger partial charge < -0.3 is 14.6 Å². The summed E-state index contributed by atoms with van der Waals surface area (Å²) in [7, 11) is 0. The predicted molar refractivity (Wildman–Crippen MR) is 324 cm³/mol. The SMILES string of the molecule is CC/C=C\C/C=C\C/C=C\C/C=C\C/C=C\C/C=C\C/C=C\C/C=C\C/C=C\CCCCCCCC(=O)OC(CO)COC(=O)CCCCCCC/C=C\C/C=C\C/C=C\C/C=C\C/C=C\C/C=C\C/C=C\CC. The second kappa shape index (κ2) is 62.0. The molecule has 5 nitrogen and oxygen atoms in total. The van der Waals surface area contributed by atoms with Crippen LogP contribution in [-0.4, -0.2) is 36.4 Å². The molecule has 0 heterocycles. The van der Waals surface area contributed by atoms with Crippen LogP contribution in [0.2, 0.25) is 0 Å². The number of hydrogen-bond donors (Lipinski definition) is 1. The van der Waals surface area contributed by atoms with Crippen LogP contribution < -0.4 is 0 Å². The number of carbonyl (C=O) groups is 2. The van der Waals surface area contributed by atoms with Gasteiger partial charge in [-0.2, -0.15) is 0 Å². The number of esters is 2. The van der Waals surface area contributed by atoms with Crippen molar-refractivity contribution in [3.63, 3.8) is 0 Å². The Hall–Kier alpha value is -5.26. The van der Waals surface area contributed by atoms with Crippen LogP contribution in [0.3, 0.4) is 0 Å². The van der Waals surface area contributed by atoms with E-state index in [1.54, 1.807) is 0 Å². The van der Waals surface area contributed by atoms with Crippen molar-refractivity contribution in [2.45, 2.75) is 213 Å². The Bertz CT molecular complexity index is 1760. The third-order valence-electron chi connectivity index (χ3n) is 11.4. The van der Waals surface area contributed by atoms with Crippen LogP contribution in [0.4, 0.5) is 0 Å². The molecule has 0 aliphatic rings. The molecule has 0 spiro atoms. The monoisotopic (exact) mass is 1010 g/mol. The molecule has 0 bridgehead atoms. The van der Waals surface area contributed by atoms with Crippen LogP contribution in [0.5, 0.6) is 0 Å². The highest BCUT2D eigenvalue weighted by molar-refractivity contribution is 5.70. The molecule has 0 aliphatic carbocycles. The Morgan fingerprint density at radius 1 is 0.311 bits per heavy atom. The fourth-order valence-electron chi connectivity index (χ4n) is 7.11. The van der Waals surface area contributed by atoms with Gasteiger partial charge in [0.05, 0.1) is 6.61 Å². The molecular formula is C69H104O5. The van der Waals surface area contributed by atoms with Crippen molar-refractivity contribution < 1.29 is 24.2 Å². The number of rotatable bonds is 50. The average Bonchev–Trinajstić information content (AvgIpc) is 3.40. The first-order valence-electron chi connectivity index (χ1n) is 29.0. The second-order valence-corrected chi connectivity index (χ2v) is 18.2. The van der Waals surface area contributed by atoms with Crippen molar-refractivity contribution in [3.05, 3.63) is 194 Å². The summed E-state index contributed by atoms with van der Waals surface area (Å²) in [6.45, 7) is 3.86. The van der Waals surface area contributed by atoms with Gasteiger partial charge >= 0.3 is 11.9 Å². The van der Waals surface area contributed by atoms with E-state index >= 15 is 0 Å². The zero-order valence-corrected chi connectivity index (χ0v) is 46.8. The highest BCUT2D eigenvalue weighted by Crippen LogP contribution is 2.12. The number of aliphatic hydroxyl groups is 1. The zero-order chi connectivity index (χ0) is 53.4. The van der Waals surface area contributed by atoms with E-state index in [0.717, 1.165) is 180 Å². The van der Waals surface area contributed by atoms with Gasteiger partial charge in [-0.25, -0.2) is 0 Å². The topological polar surface area (TPSA) is 72.8 Å². The molecule has 5 heteroatoms. The molecule has 0 aromatic carbocycles. The minimum absolute atomic E-state index is 0.0991.